The van der Waals surface area contributed by atoms with Crippen molar-refractivity contribution in [2.24, 2.45) is 0 Å². The van der Waals surface area contributed by atoms with Crippen molar-refractivity contribution in [3.63, 3.8) is 0 Å². The molecule has 0 aliphatic rings. The normalized spacial score (nSPS) is 12.3. The van der Waals surface area contributed by atoms with E-state index in [4.69, 9.17) is 4.74 Å². The van der Waals surface area contributed by atoms with Gasteiger partial charge < -0.3 is 15.0 Å². The number of ether oxygens (including phenoxy) is 1. The largest absolute Gasteiger partial charge is 0.497 e. The van der Waals surface area contributed by atoms with Crippen LogP contribution in [0.25, 0.3) is 10.9 Å². The summed E-state index contributed by atoms with van der Waals surface area (Å²) in [6, 6.07) is 22.3. The van der Waals surface area contributed by atoms with E-state index in [2.05, 4.69) is 21.1 Å². The van der Waals surface area contributed by atoms with Crippen LogP contribution in [0, 0.1) is 0 Å². The highest BCUT2D eigenvalue weighted by molar-refractivity contribution is 7.92. The predicted molar refractivity (Wildman–Crippen MR) is 135 cm³/mol. The van der Waals surface area contributed by atoms with Gasteiger partial charge in [0.15, 0.2) is 0 Å². The molecule has 176 valence electrons. The Balaban J connectivity index is 1.59. The van der Waals surface area contributed by atoms with Crippen LogP contribution in [-0.4, -0.2) is 38.7 Å². The van der Waals surface area contributed by atoms with E-state index in [0.29, 0.717) is 17.8 Å². The van der Waals surface area contributed by atoms with Crippen molar-refractivity contribution < 1.29 is 17.9 Å². The summed E-state index contributed by atoms with van der Waals surface area (Å²) in [6.07, 6.45) is 1.98. The third kappa shape index (κ3) is 5.23. The molecule has 1 atom stereocenters. The van der Waals surface area contributed by atoms with Gasteiger partial charge in [-0.2, -0.15) is 0 Å². The average Bonchev–Trinajstić information content (AvgIpc) is 3.28. The number of hydrogen-bond donors (Lipinski definition) is 3. The molecule has 0 aliphatic heterocycles. The number of carbonyl (C=O) groups is 1. The third-order valence-corrected chi connectivity index (χ3v) is 7.07. The van der Waals surface area contributed by atoms with Crippen LogP contribution in [0.1, 0.15) is 34.3 Å². The minimum absolute atomic E-state index is 0.0441. The number of aromatic amines is 1. The van der Waals surface area contributed by atoms with Crippen molar-refractivity contribution in [2.45, 2.75) is 12.8 Å². The lowest BCUT2D eigenvalue weighted by Crippen LogP contribution is -2.29. The molecule has 1 unspecified atom stereocenters. The molecule has 0 saturated heterocycles. The summed E-state index contributed by atoms with van der Waals surface area (Å²) in [6.45, 7) is 1.92. The summed E-state index contributed by atoms with van der Waals surface area (Å²) in [7, 11) is -1.80. The number of hydrogen-bond acceptors (Lipinski definition) is 4. The number of methoxy groups -OCH3 is 1. The van der Waals surface area contributed by atoms with Gasteiger partial charge in [-0.1, -0.05) is 36.4 Å². The summed E-state index contributed by atoms with van der Waals surface area (Å²) in [4.78, 5) is 16.3. The lowest BCUT2D eigenvalue weighted by molar-refractivity contribution is 0.0952. The second-order valence-electron chi connectivity index (χ2n) is 7.91. The summed E-state index contributed by atoms with van der Waals surface area (Å²) in [5, 5.41) is 4.11. The fourth-order valence-corrected chi connectivity index (χ4v) is 4.53. The van der Waals surface area contributed by atoms with E-state index in [9.17, 15) is 13.2 Å². The Morgan fingerprint density at radius 1 is 1.03 bits per heavy atom. The summed E-state index contributed by atoms with van der Waals surface area (Å²) < 4.78 is 31.5. The summed E-state index contributed by atoms with van der Waals surface area (Å²) >= 11 is 0. The van der Waals surface area contributed by atoms with Crippen LogP contribution in [0.3, 0.4) is 0 Å². The number of nitrogens with one attached hydrogen (secondary N) is 3. The molecule has 0 saturated carbocycles. The lowest BCUT2D eigenvalue weighted by Gasteiger charge is -2.19. The number of carbonyl (C=O) groups excluding carboxylic acids is 1. The molecular formula is C26H27N3O4S. The number of anilines is 1. The number of para-hydroxylation sites is 1. The maximum Gasteiger partial charge on any atom is 0.251 e. The average molecular weight is 478 g/mol. The molecule has 4 rings (SSSR count). The van der Waals surface area contributed by atoms with Gasteiger partial charge in [0.1, 0.15) is 5.75 Å². The molecule has 0 spiro atoms. The van der Waals surface area contributed by atoms with Gasteiger partial charge in [0, 0.05) is 40.8 Å². The number of sulfonamides is 1. The maximum absolute atomic E-state index is 13.0. The molecule has 34 heavy (non-hydrogen) atoms. The first-order chi connectivity index (χ1) is 16.4. The summed E-state index contributed by atoms with van der Waals surface area (Å²) in [5.41, 5.74) is 3.88. The van der Waals surface area contributed by atoms with Crippen molar-refractivity contribution in [2.75, 3.05) is 24.1 Å². The van der Waals surface area contributed by atoms with Crippen molar-refractivity contribution in [3.05, 3.63) is 95.7 Å². The zero-order valence-corrected chi connectivity index (χ0v) is 19.9. The number of fused-ring (bicyclic) bond motifs is 1. The van der Waals surface area contributed by atoms with Crippen molar-refractivity contribution in [3.8, 4) is 5.75 Å². The molecule has 0 radical (unpaired) electrons. The predicted octanol–water partition coefficient (Wildman–Crippen LogP) is 4.50. The molecule has 7 nitrogen and oxygen atoms in total. The van der Waals surface area contributed by atoms with E-state index < -0.39 is 10.0 Å². The highest BCUT2D eigenvalue weighted by Gasteiger charge is 2.20. The van der Waals surface area contributed by atoms with E-state index in [1.54, 1.807) is 32.2 Å². The van der Waals surface area contributed by atoms with E-state index in [-0.39, 0.29) is 17.6 Å². The first kappa shape index (κ1) is 23.4. The smallest absolute Gasteiger partial charge is 0.251 e. The van der Waals surface area contributed by atoms with E-state index in [1.807, 2.05) is 48.7 Å². The Morgan fingerprint density at radius 2 is 1.79 bits per heavy atom. The molecule has 0 bridgehead atoms. The number of amides is 1. The van der Waals surface area contributed by atoms with Gasteiger partial charge in [-0.15, -0.1) is 0 Å². The first-order valence-electron chi connectivity index (χ1n) is 11.0. The molecule has 8 heteroatoms. The monoisotopic (exact) mass is 477 g/mol. The highest BCUT2D eigenvalue weighted by atomic mass is 32.2. The Hall–Kier alpha value is -3.78. The number of aromatic nitrogens is 1. The second kappa shape index (κ2) is 10.0. The van der Waals surface area contributed by atoms with Crippen molar-refractivity contribution in [1.29, 1.82) is 0 Å². The second-order valence-corrected chi connectivity index (χ2v) is 9.92. The number of H-pyrrole nitrogens is 1. The molecule has 3 aromatic carbocycles. The zero-order valence-electron chi connectivity index (χ0n) is 19.0. The van der Waals surface area contributed by atoms with Gasteiger partial charge in [0.2, 0.25) is 10.0 Å². The molecule has 4 aromatic rings. The van der Waals surface area contributed by atoms with Crippen LogP contribution in [0.5, 0.6) is 5.75 Å². The lowest BCUT2D eigenvalue weighted by atomic mass is 9.90. The molecule has 1 amide bonds. The van der Waals surface area contributed by atoms with Crippen molar-refractivity contribution >= 4 is 32.5 Å². The van der Waals surface area contributed by atoms with Crippen LogP contribution in [-0.2, 0) is 10.0 Å². The Labute approximate surface area is 199 Å². The number of rotatable bonds is 9. The fourth-order valence-electron chi connectivity index (χ4n) is 3.90. The van der Waals surface area contributed by atoms with Gasteiger partial charge in [0.25, 0.3) is 5.91 Å². The Kier molecular flexibility index (Phi) is 6.88. The fraction of sp³-hybridized carbons (Fsp3) is 0.192. The third-order valence-electron chi connectivity index (χ3n) is 5.76. The van der Waals surface area contributed by atoms with Crippen LogP contribution in [0.15, 0.2) is 79.0 Å². The number of benzene rings is 3. The molecule has 0 aliphatic carbocycles. The van der Waals surface area contributed by atoms with Crippen LogP contribution in [0.2, 0.25) is 0 Å². The van der Waals surface area contributed by atoms with Crippen LogP contribution < -0.4 is 14.8 Å². The van der Waals surface area contributed by atoms with Gasteiger partial charge >= 0.3 is 0 Å². The van der Waals surface area contributed by atoms with E-state index >= 15 is 0 Å². The molecular weight excluding hydrogens is 450 g/mol. The molecule has 1 aromatic heterocycles. The van der Waals surface area contributed by atoms with E-state index in [1.165, 1.54) is 6.07 Å². The van der Waals surface area contributed by atoms with Gasteiger partial charge in [-0.25, -0.2) is 8.42 Å². The van der Waals surface area contributed by atoms with Gasteiger partial charge in [-0.05, 0) is 54.4 Å². The Morgan fingerprint density at radius 3 is 2.53 bits per heavy atom. The molecule has 1 heterocycles. The van der Waals surface area contributed by atoms with Gasteiger partial charge in [-0.3, -0.25) is 9.52 Å². The maximum atomic E-state index is 13.0. The SMILES string of the molecule is CCS(=O)(=O)Nc1cccc(C(=O)NCC(c2ccc(OC)cc2)c2c[nH]c3ccccc23)c1. The van der Waals surface area contributed by atoms with Crippen molar-refractivity contribution in [1.82, 2.24) is 10.3 Å². The zero-order chi connectivity index (χ0) is 24.1. The van der Waals surface area contributed by atoms with Gasteiger partial charge in [0.05, 0.1) is 12.9 Å². The molecule has 0 fully saturated rings. The quantitative estimate of drug-likeness (QED) is 0.330. The van der Waals surface area contributed by atoms with Crippen LogP contribution in [0.4, 0.5) is 5.69 Å². The minimum atomic E-state index is -3.43. The first-order valence-corrected chi connectivity index (χ1v) is 12.6. The summed E-state index contributed by atoms with van der Waals surface area (Å²) in [5.74, 6) is 0.331. The minimum Gasteiger partial charge on any atom is -0.497 e. The van der Waals surface area contributed by atoms with E-state index in [0.717, 1.165) is 27.8 Å². The Bertz CT molecular complexity index is 1400. The topological polar surface area (TPSA) is 100 Å². The molecule has 3 N–H and O–H groups in total. The highest BCUT2D eigenvalue weighted by Crippen LogP contribution is 2.31. The van der Waals surface area contributed by atoms with Crippen LogP contribution >= 0.6 is 0 Å². The standard InChI is InChI=1S/C26H27N3O4S/c1-3-34(31,32)29-20-8-6-7-19(15-20)26(30)28-16-23(18-11-13-21(33-2)14-12-18)24-17-27-25-10-5-4-9-22(24)25/h4-15,17,23,27,29H,3,16H2,1-2H3,(H,28,30).